The van der Waals surface area contributed by atoms with Crippen molar-refractivity contribution in [1.29, 1.82) is 0 Å². The van der Waals surface area contributed by atoms with Gasteiger partial charge in [-0.25, -0.2) is 9.59 Å². The summed E-state index contributed by atoms with van der Waals surface area (Å²) in [6, 6.07) is 5.87. The third-order valence-electron chi connectivity index (χ3n) is 3.47. The molecule has 0 aromatic heterocycles. The molecule has 1 unspecified atom stereocenters. The molecule has 0 radical (unpaired) electrons. The molecule has 6 heteroatoms. The van der Waals surface area contributed by atoms with Gasteiger partial charge in [0.15, 0.2) is 0 Å². The average Bonchev–Trinajstić information content (AvgIpc) is 2.49. The maximum absolute atomic E-state index is 12.1. The number of urea groups is 1. The quantitative estimate of drug-likeness (QED) is 0.718. The number of likely N-dealkylation sites (N-methyl/N-ethyl adjacent to an activating group) is 1. The molecule has 3 N–H and O–H groups in total. The molecule has 0 fully saturated rings. The zero-order valence-corrected chi connectivity index (χ0v) is 13.2. The summed E-state index contributed by atoms with van der Waals surface area (Å²) in [4.78, 5) is 24.4. The number of rotatable bonds is 7. The van der Waals surface area contributed by atoms with Crippen LogP contribution in [0.5, 0.6) is 0 Å². The van der Waals surface area contributed by atoms with E-state index < -0.39 is 5.97 Å². The smallest absolute Gasteiger partial charge is 0.335 e. The van der Waals surface area contributed by atoms with Crippen LogP contribution < -0.4 is 5.32 Å². The Bertz CT molecular complexity index is 499. The van der Waals surface area contributed by atoms with E-state index in [1.807, 2.05) is 13.8 Å². The number of amides is 2. The number of nitrogens with zero attached hydrogens (tertiary/aromatic N) is 1. The second-order valence-corrected chi connectivity index (χ2v) is 5.74. The molecular weight excluding hydrogens is 284 g/mol. The van der Waals surface area contributed by atoms with Crippen LogP contribution in [0.3, 0.4) is 0 Å². The lowest BCUT2D eigenvalue weighted by Crippen LogP contribution is -2.45. The second-order valence-electron chi connectivity index (χ2n) is 5.74. The van der Waals surface area contributed by atoms with Crippen LogP contribution >= 0.6 is 0 Å². The summed E-state index contributed by atoms with van der Waals surface area (Å²) in [6.45, 7) is 4.31. The Balaban J connectivity index is 2.55. The Hall–Kier alpha value is -2.08. The van der Waals surface area contributed by atoms with Gasteiger partial charge in [-0.05, 0) is 30.0 Å². The van der Waals surface area contributed by atoms with E-state index >= 15 is 0 Å². The fourth-order valence-corrected chi connectivity index (χ4v) is 2.13. The van der Waals surface area contributed by atoms with Gasteiger partial charge in [-0.15, -0.1) is 0 Å². The highest BCUT2D eigenvalue weighted by atomic mass is 16.4. The van der Waals surface area contributed by atoms with Crippen molar-refractivity contribution in [2.75, 3.05) is 13.7 Å². The highest BCUT2D eigenvalue weighted by Crippen LogP contribution is 2.10. The molecular formula is C16H24N2O4. The van der Waals surface area contributed by atoms with Crippen molar-refractivity contribution in [3.05, 3.63) is 35.4 Å². The van der Waals surface area contributed by atoms with Crippen LogP contribution in [-0.4, -0.2) is 46.8 Å². The summed E-state index contributed by atoms with van der Waals surface area (Å²) in [7, 11) is 1.66. The molecule has 0 saturated carbocycles. The normalized spacial score (nSPS) is 12.0. The lowest BCUT2D eigenvalue weighted by Gasteiger charge is -2.28. The number of aliphatic hydroxyl groups excluding tert-OH is 1. The van der Waals surface area contributed by atoms with E-state index in [4.69, 9.17) is 5.11 Å². The first-order valence-electron chi connectivity index (χ1n) is 7.29. The molecule has 0 saturated heterocycles. The lowest BCUT2D eigenvalue weighted by molar-refractivity contribution is 0.0697. The molecule has 0 bridgehead atoms. The molecule has 0 aliphatic heterocycles. The first kappa shape index (κ1) is 18.0. The number of carbonyl (C=O) groups excluding carboxylic acids is 1. The zero-order chi connectivity index (χ0) is 16.7. The van der Waals surface area contributed by atoms with Gasteiger partial charge in [0.2, 0.25) is 0 Å². The highest BCUT2D eigenvalue weighted by Gasteiger charge is 2.19. The van der Waals surface area contributed by atoms with Crippen molar-refractivity contribution >= 4 is 12.0 Å². The molecule has 1 atom stereocenters. The van der Waals surface area contributed by atoms with E-state index in [1.54, 1.807) is 19.2 Å². The molecule has 2 amide bonds. The Kier molecular flexibility index (Phi) is 6.85. The van der Waals surface area contributed by atoms with Gasteiger partial charge in [-0.1, -0.05) is 26.0 Å². The largest absolute Gasteiger partial charge is 0.478 e. The summed E-state index contributed by atoms with van der Waals surface area (Å²) in [5.41, 5.74) is 1.03. The van der Waals surface area contributed by atoms with Crippen molar-refractivity contribution in [1.82, 2.24) is 10.2 Å². The minimum atomic E-state index is -0.977. The summed E-state index contributed by atoms with van der Waals surface area (Å²) in [5.74, 6) is -0.592. The topological polar surface area (TPSA) is 89.9 Å². The lowest BCUT2D eigenvalue weighted by atomic mass is 10.0. The summed E-state index contributed by atoms with van der Waals surface area (Å²) in [6.07, 6.45) is 0.730. The third-order valence-corrected chi connectivity index (χ3v) is 3.47. The van der Waals surface area contributed by atoms with Crippen LogP contribution in [0, 0.1) is 5.92 Å². The number of carboxylic acids is 1. The summed E-state index contributed by atoms with van der Waals surface area (Å²) in [5, 5.41) is 21.0. The number of carboxylic acid groups (broad SMARTS) is 1. The number of nitrogens with one attached hydrogen (secondary N) is 1. The van der Waals surface area contributed by atoms with E-state index in [0.29, 0.717) is 12.5 Å². The van der Waals surface area contributed by atoms with Crippen LogP contribution in [0.2, 0.25) is 0 Å². The Labute approximate surface area is 130 Å². The standard InChI is InChI=1S/C16H24N2O4/c1-11(2)8-14(10-19)18(3)16(22)17-9-12-4-6-13(7-5-12)15(20)21/h4-7,11,14,19H,8-10H2,1-3H3,(H,17,22)(H,20,21). The van der Waals surface area contributed by atoms with Gasteiger partial charge in [-0.2, -0.15) is 0 Å². The molecule has 1 aromatic carbocycles. The Morgan fingerprint density at radius 2 is 1.82 bits per heavy atom. The van der Waals surface area contributed by atoms with Crippen LogP contribution in [0.25, 0.3) is 0 Å². The van der Waals surface area contributed by atoms with Crippen molar-refractivity contribution < 1.29 is 19.8 Å². The number of carbonyl (C=O) groups is 2. The van der Waals surface area contributed by atoms with Crippen molar-refractivity contribution in [3.8, 4) is 0 Å². The maximum atomic E-state index is 12.1. The van der Waals surface area contributed by atoms with E-state index in [2.05, 4.69) is 5.32 Å². The van der Waals surface area contributed by atoms with E-state index in [9.17, 15) is 14.7 Å². The van der Waals surface area contributed by atoms with Crippen LogP contribution in [0.15, 0.2) is 24.3 Å². The van der Waals surface area contributed by atoms with Gasteiger partial charge in [0.05, 0.1) is 18.2 Å². The van der Waals surface area contributed by atoms with E-state index in [1.165, 1.54) is 17.0 Å². The van der Waals surface area contributed by atoms with Gasteiger partial charge in [-0.3, -0.25) is 0 Å². The first-order chi connectivity index (χ1) is 10.3. The van der Waals surface area contributed by atoms with Gasteiger partial charge >= 0.3 is 12.0 Å². The molecule has 1 aromatic rings. The van der Waals surface area contributed by atoms with Gasteiger partial charge in [0.1, 0.15) is 0 Å². The summed E-state index contributed by atoms with van der Waals surface area (Å²) >= 11 is 0. The molecule has 0 aliphatic carbocycles. The minimum absolute atomic E-state index is 0.0740. The fraction of sp³-hybridized carbons (Fsp3) is 0.500. The SMILES string of the molecule is CC(C)CC(CO)N(C)C(=O)NCc1ccc(C(=O)O)cc1. The van der Waals surface area contributed by atoms with Gasteiger partial charge < -0.3 is 20.4 Å². The number of aromatic carboxylic acids is 1. The molecule has 0 aliphatic rings. The number of hydrogen-bond donors (Lipinski definition) is 3. The average molecular weight is 308 g/mol. The highest BCUT2D eigenvalue weighted by molar-refractivity contribution is 5.87. The maximum Gasteiger partial charge on any atom is 0.335 e. The monoisotopic (exact) mass is 308 g/mol. The third kappa shape index (κ3) is 5.37. The van der Waals surface area contributed by atoms with Crippen molar-refractivity contribution in [3.63, 3.8) is 0 Å². The predicted molar refractivity (Wildman–Crippen MR) is 83.7 cm³/mol. The van der Waals surface area contributed by atoms with E-state index in [-0.39, 0.29) is 24.2 Å². The number of aliphatic hydroxyl groups is 1. The van der Waals surface area contributed by atoms with Gasteiger partial charge in [0.25, 0.3) is 0 Å². The second kappa shape index (κ2) is 8.38. The zero-order valence-electron chi connectivity index (χ0n) is 13.2. The van der Waals surface area contributed by atoms with Crippen LogP contribution in [0.1, 0.15) is 36.2 Å². The molecule has 1 rings (SSSR count). The predicted octanol–water partition coefficient (Wildman–Crippen LogP) is 1.93. The molecule has 0 spiro atoms. The summed E-state index contributed by atoms with van der Waals surface area (Å²) < 4.78 is 0. The number of benzene rings is 1. The molecule has 122 valence electrons. The Morgan fingerprint density at radius 3 is 2.27 bits per heavy atom. The minimum Gasteiger partial charge on any atom is -0.478 e. The van der Waals surface area contributed by atoms with Gasteiger partial charge in [0, 0.05) is 13.6 Å². The van der Waals surface area contributed by atoms with Crippen molar-refractivity contribution in [2.24, 2.45) is 5.92 Å². The Morgan fingerprint density at radius 1 is 1.23 bits per heavy atom. The molecule has 6 nitrogen and oxygen atoms in total. The number of hydrogen-bond acceptors (Lipinski definition) is 3. The van der Waals surface area contributed by atoms with Crippen molar-refractivity contribution in [2.45, 2.75) is 32.9 Å². The molecule has 0 heterocycles. The van der Waals surface area contributed by atoms with Crippen LogP contribution in [0.4, 0.5) is 4.79 Å². The van der Waals surface area contributed by atoms with Crippen LogP contribution in [-0.2, 0) is 6.54 Å². The first-order valence-corrected chi connectivity index (χ1v) is 7.29. The molecule has 22 heavy (non-hydrogen) atoms. The van der Waals surface area contributed by atoms with E-state index in [0.717, 1.165) is 12.0 Å². The fourth-order valence-electron chi connectivity index (χ4n) is 2.13.